The highest BCUT2D eigenvalue weighted by molar-refractivity contribution is 5.78. The molecule has 1 aromatic rings. The zero-order chi connectivity index (χ0) is 16.3. The zero-order valence-electron chi connectivity index (χ0n) is 13.7. The molecule has 2 fully saturated rings. The van der Waals surface area contributed by atoms with Gasteiger partial charge in [0.1, 0.15) is 11.5 Å². The Balaban J connectivity index is 1.57. The van der Waals surface area contributed by atoms with Gasteiger partial charge in [-0.05, 0) is 37.8 Å². The maximum absolute atomic E-state index is 12.5. The third-order valence-electron chi connectivity index (χ3n) is 5.22. The van der Waals surface area contributed by atoms with Crippen molar-refractivity contribution in [2.45, 2.75) is 38.2 Å². The number of likely N-dealkylation sites (tertiary alicyclic amines) is 1. The van der Waals surface area contributed by atoms with Crippen LogP contribution in [0.5, 0.6) is 11.5 Å². The van der Waals surface area contributed by atoms with Crippen molar-refractivity contribution in [2.24, 2.45) is 5.41 Å². The molecule has 1 aliphatic carbocycles. The Morgan fingerprint density at radius 2 is 2.13 bits per heavy atom. The van der Waals surface area contributed by atoms with E-state index in [4.69, 9.17) is 9.47 Å². The molecule has 126 valence electrons. The van der Waals surface area contributed by atoms with Gasteiger partial charge in [0, 0.05) is 24.6 Å². The van der Waals surface area contributed by atoms with Crippen LogP contribution in [0.3, 0.4) is 0 Å². The molecule has 0 bridgehead atoms. The number of ether oxygens (including phenoxy) is 2. The number of benzene rings is 1. The second-order valence-corrected chi connectivity index (χ2v) is 6.66. The fraction of sp³-hybridized carbons (Fsp3) is 0.611. The van der Waals surface area contributed by atoms with Crippen LogP contribution in [0, 0.1) is 5.41 Å². The van der Waals surface area contributed by atoms with Gasteiger partial charge in [0.05, 0.1) is 13.2 Å². The second-order valence-electron chi connectivity index (χ2n) is 6.66. The number of rotatable bonds is 4. The van der Waals surface area contributed by atoms with E-state index in [1.807, 2.05) is 23.1 Å². The zero-order valence-corrected chi connectivity index (χ0v) is 13.7. The molecule has 1 amide bonds. The summed E-state index contributed by atoms with van der Waals surface area (Å²) in [4.78, 5) is 14.3. The standard InChI is InChI=1S/C18H25NO4/c1-22-14-5-2-6-15(11-14)23-12-17(21)19-10-4-9-18(13-19)8-3-7-16(18)20/h2,5-6,11,16,20H,3-4,7-10,12-13H2,1H3/t16-,18+/m1/s1. The molecule has 1 spiro atoms. The first kappa shape index (κ1) is 16.1. The van der Waals surface area contributed by atoms with Gasteiger partial charge in [0.15, 0.2) is 6.61 Å². The fourth-order valence-corrected chi connectivity index (χ4v) is 3.90. The molecule has 1 heterocycles. The molecule has 5 heteroatoms. The van der Waals surface area contributed by atoms with E-state index < -0.39 is 0 Å². The lowest BCUT2D eigenvalue weighted by Crippen LogP contribution is -2.50. The predicted octanol–water partition coefficient (Wildman–Crippen LogP) is 2.23. The number of aliphatic hydroxyl groups excluding tert-OH is 1. The summed E-state index contributed by atoms with van der Waals surface area (Å²) in [5, 5.41) is 10.3. The molecule has 2 aliphatic rings. The smallest absolute Gasteiger partial charge is 0.260 e. The third-order valence-corrected chi connectivity index (χ3v) is 5.22. The monoisotopic (exact) mass is 319 g/mol. The van der Waals surface area contributed by atoms with Crippen LogP contribution in [0.1, 0.15) is 32.1 Å². The summed E-state index contributed by atoms with van der Waals surface area (Å²) < 4.78 is 10.8. The highest BCUT2D eigenvalue weighted by atomic mass is 16.5. The largest absolute Gasteiger partial charge is 0.497 e. The van der Waals surface area contributed by atoms with Gasteiger partial charge >= 0.3 is 0 Å². The topological polar surface area (TPSA) is 59.0 Å². The van der Waals surface area contributed by atoms with Crippen molar-refractivity contribution in [3.05, 3.63) is 24.3 Å². The van der Waals surface area contributed by atoms with Crippen LogP contribution < -0.4 is 9.47 Å². The molecule has 0 aromatic heterocycles. The first-order chi connectivity index (χ1) is 11.1. The minimum Gasteiger partial charge on any atom is -0.497 e. The van der Waals surface area contributed by atoms with Crippen LogP contribution in [0.4, 0.5) is 0 Å². The highest BCUT2D eigenvalue weighted by Gasteiger charge is 2.45. The Morgan fingerprint density at radius 1 is 1.35 bits per heavy atom. The Bertz CT molecular complexity index is 562. The number of methoxy groups -OCH3 is 1. The summed E-state index contributed by atoms with van der Waals surface area (Å²) >= 11 is 0. The molecule has 5 nitrogen and oxygen atoms in total. The van der Waals surface area contributed by atoms with Crippen molar-refractivity contribution >= 4 is 5.91 Å². The summed E-state index contributed by atoms with van der Waals surface area (Å²) in [6, 6.07) is 7.26. The normalized spacial score (nSPS) is 27.2. The molecule has 0 radical (unpaired) electrons. The van der Waals surface area contributed by atoms with Crippen molar-refractivity contribution in [3.63, 3.8) is 0 Å². The van der Waals surface area contributed by atoms with E-state index in [0.717, 1.165) is 38.6 Å². The van der Waals surface area contributed by atoms with Gasteiger partial charge in [0.2, 0.25) is 0 Å². The van der Waals surface area contributed by atoms with Crippen LogP contribution in [0.15, 0.2) is 24.3 Å². The van der Waals surface area contributed by atoms with Gasteiger partial charge in [0.25, 0.3) is 5.91 Å². The molecule has 1 saturated carbocycles. The summed E-state index contributed by atoms with van der Waals surface area (Å²) in [7, 11) is 1.60. The number of piperidine rings is 1. The van der Waals surface area contributed by atoms with E-state index in [1.165, 1.54) is 0 Å². The quantitative estimate of drug-likeness (QED) is 0.924. The number of aliphatic hydroxyl groups is 1. The Morgan fingerprint density at radius 3 is 2.87 bits per heavy atom. The summed E-state index contributed by atoms with van der Waals surface area (Å²) in [6.07, 6.45) is 4.66. The molecule has 23 heavy (non-hydrogen) atoms. The summed E-state index contributed by atoms with van der Waals surface area (Å²) in [5.41, 5.74) is -0.0795. The molecule has 1 aliphatic heterocycles. The first-order valence-corrected chi connectivity index (χ1v) is 8.36. The lowest BCUT2D eigenvalue weighted by atomic mass is 9.76. The second kappa shape index (κ2) is 6.79. The van der Waals surface area contributed by atoms with Gasteiger partial charge < -0.3 is 19.5 Å². The van der Waals surface area contributed by atoms with Crippen LogP contribution in [-0.2, 0) is 4.79 Å². The van der Waals surface area contributed by atoms with Crippen molar-refractivity contribution < 1.29 is 19.4 Å². The van der Waals surface area contributed by atoms with E-state index in [9.17, 15) is 9.90 Å². The number of carbonyl (C=O) groups excluding carboxylic acids is 1. The lowest BCUT2D eigenvalue weighted by Gasteiger charge is -2.42. The van der Waals surface area contributed by atoms with E-state index >= 15 is 0 Å². The number of amides is 1. The average Bonchev–Trinajstić information content (AvgIpc) is 2.93. The Kier molecular flexibility index (Phi) is 4.76. The minimum absolute atomic E-state index is 0.00834. The molecule has 3 rings (SSSR count). The Hall–Kier alpha value is -1.75. The maximum atomic E-state index is 12.5. The number of hydrogen-bond donors (Lipinski definition) is 1. The van der Waals surface area contributed by atoms with Crippen LogP contribution in [0.2, 0.25) is 0 Å². The van der Waals surface area contributed by atoms with Gasteiger partial charge in [-0.25, -0.2) is 0 Å². The first-order valence-electron chi connectivity index (χ1n) is 8.36. The lowest BCUT2D eigenvalue weighted by molar-refractivity contribution is -0.138. The number of carbonyl (C=O) groups is 1. The third kappa shape index (κ3) is 3.44. The van der Waals surface area contributed by atoms with Gasteiger partial charge in [-0.2, -0.15) is 0 Å². The molecular weight excluding hydrogens is 294 g/mol. The summed E-state index contributed by atoms with van der Waals surface area (Å²) in [6.45, 7) is 1.45. The van der Waals surface area contributed by atoms with Gasteiger partial charge in [-0.3, -0.25) is 4.79 Å². The molecule has 1 N–H and O–H groups in total. The van der Waals surface area contributed by atoms with Crippen molar-refractivity contribution in [1.29, 1.82) is 0 Å². The molecule has 1 saturated heterocycles. The molecular formula is C18H25NO4. The van der Waals surface area contributed by atoms with Gasteiger partial charge in [-0.1, -0.05) is 12.5 Å². The fourth-order valence-electron chi connectivity index (χ4n) is 3.90. The van der Waals surface area contributed by atoms with E-state index in [1.54, 1.807) is 13.2 Å². The minimum atomic E-state index is -0.266. The molecule has 2 atom stereocenters. The van der Waals surface area contributed by atoms with Crippen LogP contribution in [-0.4, -0.2) is 48.8 Å². The van der Waals surface area contributed by atoms with Crippen LogP contribution in [0.25, 0.3) is 0 Å². The van der Waals surface area contributed by atoms with Crippen molar-refractivity contribution in [2.75, 3.05) is 26.8 Å². The van der Waals surface area contributed by atoms with Crippen LogP contribution >= 0.6 is 0 Å². The number of nitrogens with zero attached hydrogens (tertiary/aromatic N) is 1. The maximum Gasteiger partial charge on any atom is 0.260 e. The summed E-state index contributed by atoms with van der Waals surface area (Å²) in [5.74, 6) is 1.33. The van der Waals surface area contributed by atoms with Gasteiger partial charge in [-0.15, -0.1) is 0 Å². The SMILES string of the molecule is COc1cccc(OCC(=O)N2CCC[C@@]3(CCC[C@H]3O)C2)c1. The van der Waals surface area contributed by atoms with Crippen molar-refractivity contribution in [1.82, 2.24) is 4.90 Å². The van der Waals surface area contributed by atoms with Crippen molar-refractivity contribution in [3.8, 4) is 11.5 Å². The van der Waals surface area contributed by atoms with E-state index in [0.29, 0.717) is 18.0 Å². The number of hydrogen-bond acceptors (Lipinski definition) is 4. The predicted molar refractivity (Wildman–Crippen MR) is 86.6 cm³/mol. The van der Waals surface area contributed by atoms with E-state index in [-0.39, 0.29) is 24.0 Å². The average molecular weight is 319 g/mol. The molecule has 1 aromatic carbocycles. The Labute approximate surface area is 137 Å². The van der Waals surface area contributed by atoms with E-state index in [2.05, 4.69) is 0 Å². The highest BCUT2D eigenvalue weighted by Crippen LogP contribution is 2.45. The molecule has 0 unspecified atom stereocenters.